The predicted molar refractivity (Wildman–Crippen MR) is 89.9 cm³/mol. The maximum Gasteiger partial charge on any atom is 0.0701 e. The van der Waals surface area contributed by atoms with Gasteiger partial charge in [-0.15, -0.1) is 8.58 Å². The molecule has 0 radical (unpaired) electrons. The highest BCUT2D eigenvalue weighted by Gasteiger charge is 1.93. The third-order valence-corrected chi connectivity index (χ3v) is 3.34. The van der Waals surface area contributed by atoms with Crippen LogP contribution in [0.15, 0.2) is 0 Å². The van der Waals surface area contributed by atoms with Crippen LogP contribution >= 0.6 is 8.58 Å². The molecule has 0 heterocycles. The molecular formula is C15H34NO4P. The van der Waals surface area contributed by atoms with Gasteiger partial charge in [-0.1, -0.05) is 19.8 Å². The number of rotatable bonds is 18. The number of nitrogens with one attached hydrogen (secondary N) is 1. The minimum Gasteiger partial charge on any atom is -0.379 e. The largest absolute Gasteiger partial charge is 0.379 e. The van der Waals surface area contributed by atoms with Crippen molar-refractivity contribution in [2.24, 2.45) is 0 Å². The van der Waals surface area contributed by atoms with Gasteiger partial charge in [0.2, 0.25) is 0 Å². The second-order valence-electron chi connectivity index (χ2n) is 4.69. The van der Waals surface area contributed by atoms with Crippen molar-refractivity contribution in [2.75, 3.05) is 72.4 Å². The highest BCUT2D eigenvalue weighted by molar-refractivity contribution is 7.36. The van der Waals surface area contributed by atoms with Crippen LogP contribution < -0.4 is 5.32 Å². The van der Waals surface area contributed by atoms with Crippen molar-refractivity contribution in [3.8, 4) is 0 Å². The van der Waals surface area contributed by atoms with Crippen LogP contribution in [0.25, 0.3) is 0 Å². The number of ether oxygens (including phenoxy) is 4. The Balaban J connectivity index is 2.90. The molecule has 0 aromatic carbocycles. The van der Waals surface area contributed by atoms with Crippen molar-refractivity contribution in [3.05, 3.63) is 0 Å². The van der Waals surface area contributed by atoms with E-state index in [-0.39, 0.29) is 0 Å². The smallest absolute Gasteiger partial charge is 0.0701 e. The third kappa shape index (κ3) is 20.2. The van der Waals surface area contributed by atoms with Gasteiger partial charge >= 0.3 is 0 Å². The minimum absolute atomic E-state index is 0.619. The van der Waals surface area contributed by atoms with Gasteiger partial charge in [0, 0.05) is 19.4 Å². The van der Waals surface area contributed by atoms with E-state index in [1.807, 2.05) is 0 Å². The summed E-state index contributed by atoms with van der Waals surface area (Å²) in [5.74, 6) is 0. The van der Waals surface area contributed by atoms with Gasteiger partial charge in [0.05, 0.1) is 46.2 Å². The highest BCUT2D eigenvalue weighted by Crippen LogP contribution is 1.95. The molecule has 0 fully saturated rings. The topological polar surface area (TPSA) is 49.0 Å². The molecule has 0 saturated heterocycles. The standard InChI is InChI=1S/C15H34NO4P/c1-3-4-5-7-17-9-11-19-13-14-20-12-10-18-8-6-16-15-21-2/h16,21H,3-15H2,1-2H3. The first-order chi connectivity index (χ1) is 10.4. The molecule has 1 N–H and O–H groups in total. The van der Waals surface area contributed by atoms with Gasteiger partial charge in [-0.2, -0.15) is 0 Å². The van der Waals surface area contributed by atoms with E-state index in [2.05, 4.69) is 18.9 Å². The van der Waals surface area contributed by atoms with Crippen molar-refractivity contribution in [3.63, 3.8) is 0 Å². The van der Waals surface area contributed by atoms with Gasteiger partial charge in [0.15, 0.2) is 0 Å². The van der Waals surface area contributed by atoms with Gasteiger partial charge in [-0.05, 0) is 13.1 Å². The van der Waals surface area contributed by atoms with E-state index in [0.717, 1.165) is 41.0 Å². The zero-order chi connectivity index (χ0) is 15.4. The SMILES string of the molecule is CCCCCOCCOCCOCCOCCNCPC. The highest BCUT2D eigenvalue weighted by atomic mass is 31.1. The Kier molecular flexibility index (Phi) is 20.5. The second-order valence-corrected chi connectivity index (χ2v) is 5.75. The molecule has 0 aliphatic heterocycles. The van der Waals surface area contributed by atoms with Crippen LogP contribution in [0, 0.1) is 0 Å². The molecule has 0 aromatic heterocycles. The van der Waals surface area contributed by atoms with Gasteiger partial charge in [0.1, 0.15) is 0 Å². The van der Waals surface area contributed by atoms with Crippen LogP contribution in [-0.4, -0.2) is 72.4 Å². The molecule has 0 amide bonds. The van der Waals surface area contributed by atoms with E-state index in [4.69, 9.17) is 18.9 Å². The lowest BCUT2D eigenvalue weighted by Crippen LogP contribution is -2.19. The molecule has 0 rings (SSSR count). The fraction of sp³-hybridized carbons (Fsp3) is 1.00. The maximum atomic E-state index is 5.44. The molecule has 0 aromatic rings. The average molecular weight is 323 g/mol. The lowest BCUT2D eigenvalue weighted by Gasteiger charge is -2.07. The maximum absolute atomic E-state index is 5.44. The van der Waals surface area contributed by atoms with Crippen molar-refractivity contribution in [1.82, 2.24) is 5.32 Å². The lowest BCUT2D eigenvalue weighted by molar-refractivity contribution is -0.00170. The Morgan fingerprint density at radius 3 is 1.76 bits per heavy atom. The lowest BCUT2D eigenvalue weighted by atomic mass is 10.3. The Bertz CT molecular complexity index is 169. The molecule has 0 aliphatic carbocycles. The molecule has 0 aliphatic rings. The molecule has 21 heavy (non-hydrogen) atoms. The summed E-state index contributed by atoms with van der Waals surface area (Å²) >= 11 is 0. The first kappa shape index (κ1) is 21.2. The first-order valence-electron chi connectivity index (χ1n) is 8.08. The number of unbranched alkanes of at least 4 members (excludes halogenated alkanes) is 2. The molecule has 1 unspecified atom stereocenters. The first-order valence-corrected chi connectivity index (χ1v) is 9.78. The molecular weight excluding hydrogens is 289 g/mol. The summed E-state index contributed by atoms with van der Waals surface area (Å²) in [6.07, 6.45) is 4.70. The fourth-order valence-corrected chi connectivity index (χ4v) is 2.00. The summed E-state index contributed by atoms with van der Waals surface area (Å²) in [7, 11) is 0.954. The number of hydrogen-bond donors (Lipinski definition) is 1. The quantitative estimate of drug-likeness (QED) is 0.309. The second kappa shape index (κ2) is 20.2. The van der Waals surface area contributed by atoms with Crippen LogP contribution in [0.3, 0.4) is 0 Å². The molecule has 0 bridgehead atoms. The van der Waals surface area contributed by atoms with Crippen LogP contribution in [0.1, 0.15) is 26.2 Å². The van der Waals surface area contributed by atoms with Gasteiger partial charge in [0.25, 0.3) is 0 Å². The van der Waals surface area contributed by atoms with E-state index in [0.29, 0.717) is 39.6 Å². The van der Waals surface area contributed by atoms with Crippen LogP contribution in [-0.2, 0) is 18.9 Å². The van der Waals surface area contributed by atoms with E-state index >= 15 is 0 Å². The Labute approximate surface area is 132 Å². The van der Waals surface area contributed by atoms with E-state index in [1.54, 1.807) is 0 Å². The minimum atomic E-state index is 0.619. The molecule has 0 saturated carbocycles. The van der Waals surface area contributed by atoms with Crippen LogP contribution in [0.5, 0.6) is 0 Å². The Morgan fingerprint density at radius 1 is 0.714 bits per heavy atom. The molecule has 0 spiro atoms. The zero-order valence-electron chi connectivity index (χ0n) is 13.8. The Hall–Kier alpha value is 0.230. The van der Waals surface area contributed by atoms with Gasteiger partial charge < -0.3 is 24.3 Å². The summed E-state index contributed by atoms with van der Waals surface area (Å²) < 4.78 is 21.7. The predicted octanol–water partition coefficient (Wildman–Crippen LogP) is 2.10. The average Bonchev–Trinajstić information content (AvgIpc) is 2.50. The van der Waals surface area contributed by atoms with E-state index in [1.165, 1.54) is 12.8 Å². The fourth-order valence-electron chi connectivity index (χ4n) is 1.57. The van der Waals surface area contributed by atoms with Crippen LogP contribution in [0.2, 0.25) is 0 Å². The van der Waals surface area contributed by atoms with Gasteiger partial charge in [-0.25, -0.2) is 0 Å². The summed E-state index contributed by atoms with van der Waals surface area (Å²) in [5, 5.41) is 3.30. The molecule has 128 valence electrons. The summed E-state index contributed by atoms with van der Waals surface area (Å²) in [6, 6.07) is 0. The van der Waals surface area contributed by atoms with Gasteiger partial charge in [-0.3, -0.25) is 0 Å². The monoisotopic (exact) mass is 323 g/mol. The Morgan fingerprint density at radius 2 is 1.24 bits per heavy atom. The van der Waals surface area contributed by atoms with Crippen LogP contribution in [0.4, 0.5) is 0 Å². The van der Waals surface area contributed by atoms with Crippen molar-refractivity contribution < 1.29 is 18.9 Å². The summed E-state index contributed by atoms with van der Waals surface area (Å²) in [6.45, 7) is 10.7. The summed E-state index contributed by atoms with van der Waals surface area (Å²) in [4.78, 5) is 0. The summed E-state index contributed by atoms with van der Waals surface area (Å²) in [5.41, 5.74) is 0. The van der Waals surface area contributed by atoms with Crippen molar-refractivity contribution in [2.45, 2.75) is 26.2 Å². The molecule has 6 heteroatoms. The molecule has 1 atom stereocenters. The third-order valence-electron chi connectivity index (χ3n) is 2.73. The van der Waals surface area contributed by atoms with Crippen molar-refractivity contribution >= 4 is 8.58 Å². The van der Waals surface area contributed by atoms with E-state index in [9.17, 15) is 0 Å². The normalized spacial score (nSPS) is 11.7. The van der Waals surface area contributed by atoms with Crippen molar-refractivity contribution in [1.29, 1.82) is 0 Å². The number of hydrogen-bond acceptors (Lipinski definition) is 5. The zero-order valence-corrected chi connectivity index (χ0v) is 14.8. The molecule has 5 nitrogen and oxygen atoms in total. The van der Waals surface area contributed by atoms with E-state index < -0.39 is 0 Å².